The first-order chi connectivity index (χ1) is 11.1. The Morgan fingerprint density at radius 1 is 1.26 bits per heavy atom. The molecule has 0 radical (unpaired) electrons. The minimum Gasteiger partial charge on any atom is -0.391 e. The molecule has 0 aliphatic heterocycles. The van der Waals surface area contributed by atoms with Gasteiger partial charge < -0.3 is 15.7 Å². The van der Waals surface area contributed by atoms with Crippen molar-refractivity contribution in [3.63, 3.8) is 0 Å². The number of amides is 2. The van der Waals surface area contributed by atoms with Gasteiger partial charge in [-0.25, -0.2) is 9.78 Å². The Balaban J connectivity index is 1.58. The predicted molar refractivity (Wildman–Crippen MR) is 92.7 cm³/mol. The van der Waals surface area contributed by atoms with E-state index in [4.69, 9.17) is 0 Å². The van der Waals surface area contributed by atoms with Gasteiger partial charge in [0.25, 0.3) is 0 Å². The number of nitrogens with one attached hydrogen (secondary N) is 2. The number of aliphatic hydroxyl groups is 1. The van der Waals surface area contributed by atoms with Crippen LogP contribution in [0.5, 0.6) is 0 Å². The second-order valence-electron chi connectivity index (χ2n) is 5.93. The van der Waals surface area contributed by atoms with E-state index in [2.05, 4.69) is 15.6 Å². The topological polar surface area (TPSA) is 74.2 Å². The predicted octanol–water partition coefficient (Wildman–Crippen LogP) is 3.54. The van der Waals surface area contributed by atoms with E-state index in [0.717, 1.165) is 47.6 Å². The summed E-state index contributed by atoms with van der Waals surface area (Å²) in [6.45, 7) is 1.97. The molecule has 1 aliphatic rings. The summed E-state index contributed by atoms with van der Waals surface area (Å²) < 4.78 is 0. The van der Waals surface area contributed by atoms with E-state index in [9.17, 15) is 9.90 Å². The molecule has 6 heteroatoms. The summed E-state index contributed by atoms with van der Waals surface area (Å²) in [5, 5.41) is 18.6. The minimum atomic E-state index is -0.440. The quantitative estimate of drug-likeness (QED) is 0.805. The molecule has 0 saturated heterocycles. The van der Waals surface area contributed by atoms with E-state index < -0.39 is 6.10 Å². The monoisotopic (exact) mass is 331 g/mol. The SMILES string of the molecule is Cc1csc(-c2ccc(NC(=O)NC3CCCCC3O)cc2)n1. The van der Waals surface area contributed by atoms with Crippen LogP contribution in [0, 0.1) is 6.92 Å². The number of rotatable bonds is 3. The van der Waals surface area contributed by atoms with E-state index in [1.807, 2.05) is 36.6 Å². The van der Waals surface area contributed by atoms with Gasteiger partial charge in [0.1, 0.15) is 5.01 Å². The first kappa shape index (κ1) is 16.0. The molecule has 0 bridgehead atoms. The summed E-state index contributed by atoms with van der Waals surface area (Å²) in [5.41, 5.74) is 2.78. The molecule has 1 saturated carbocycles. The molecule has 1 heterocycles. The molecule has 0 spiro atoms. The third-order valence-electron chi connectivity index (χ3n) is 4.05. The van der Waals surface area contributed by atoms with Crippen LogP contribution in [0.15, 0.2) is 29.6 Å². The summed E-state index contributed by atoms with van der Waals surface area (Å²) in [5.74, 6) is 0. The molecule has 3 rings (SSSR count). The van der Waals surface area contributed by atoms with Crippen LogP contribution in [0.25, 0.3) is 10.6 Å². The molecule has 2 amide bonds. The van der Waals surface area contributed by atoms with Gasteiger partial charge in [0, 0.05) is 22.3 Å². The van der Waals surface area contributed by atoms with Crippen LogP contribution >= 0.6 is 11.3 Å². The summed E-state index contributed by atoms with van der Waals surface area (Å²) >= 11 is 1.61. The number of carbonyl (C=O) groups excluding carboxylic acids is 1. The Hall–Kier alpha value is -1.92. The van der Waals surface area contributed by atoms with E-state index in [1.165, 1.54) is 0 Å². The smallest absolute Gasteiger partial charge is 0.319 e. The third-order valence-corrected chi connectivity index (χ3v) is 5.06. The van der Waals surface area contributed by atoms with Crippen LogP contribution in [0.4, 0.5) is 10.5 Å². The summed E-state index contributed by atoms with van der Waals surface area (Å²) in [6, 6.07) is 7.20. The summed E-state index contributed by atoms with van der Waals surface area (Å²) in [4.78, 5) is 16.5. The third kappa shape index (κ3) is 4.09. The highest BCUT2D eigenvalue weighted by atomic mass is 32.1. The Bertz CT molecular complexity index is 669. The highest BCUT2D eigenvalue weighted by Crippen LogP contribution is 2.25. The van der Waals surface area contributed by atoms with Gasteiger partial charge in [-0.3, -0.25) is 0 Å². The Labute approximate surface area is 139 Å². The minimum absolute atomic E-state index is 0.152. The molecule has 1 aromatic heterocycles. The average molecular weight is 331 g/mol. The molecule has 2 atom stereocenters. The fraction of sp³-hybridized carbons (Fsp3) is 0.412. The van der Waals surface area contributed by atoms with Crippen LogP contribution in [-0.2, 0) is 0 Å². The van der Waals surface area contributed by atoms with Crippen LogP contribution < -0.4 is 10.6 Å². The maximum absolute atomic E-state index is 12.0. The van der Waals surface area contributed by atoms with Gasteiger partial charge in [0.05, 0.1) is 12.1 Å². The number of nitrogens with zero attached hydrogens (tertiary/aromatic N) is 1. The van der Waals surface area contributed by atoms with Crippen LogP contribution in [0.3, 0.4) is 0 Å². The molecule has 1 aliphatic carbocycles. The van der Waals surface area contributed by atoms with Crippen molar-refractivity contribution >= 4 is 23.1 Å². The number of aromatic nitrogens is 1. The number of benzene rings is 1. The standard InChI is InChI=1S/C17H21N3O2S/c1-11-10-23-16(18-11)12-6-8-13(9-7-12)19-17(22)20-14-4-2-3-5-15(14)21/h6-10,14-15,21H,2-5H2,1H3,(H2,19,20,22). The number of aryl methyl sites for hydroxylation is 1. The molecule has 2 unspecified atom stereocenters. The van der Waals surface area contributed by atoms with Gasteiger partial charge >= 0.3 is 6.03 Å². The number of hydrogen-bond donors (Lipinski definition) is 3. The van der Waals surface area contributed by atoms with E-state index in [1.54, 1.807) is 11.3 Å². The number of carbonyl (C=O) groups is 1. The molecule has 1 fully saturated rings. The normalized spacial score (nSPS) is 21.0. The molecular formula is C17H21N3O2S. The zero-order valence-corrected chi connectivity index (χ0v) is 13.9. The highest BCUT2D eigenvalue weighted by Gasteiger charge is 2.24. The van der Waals surface area contributed by atoms with Gasteiger partial charge in [0.15, 0.2) is 0 Å². The van der Waals surface area contributed by atoms with E-state index in [-0.39, 0.29) is 12.1 Å². The fourth-order valence-corrected chi connectivity index (χ4v) is 3.60. The maximum atomic E-state index is 12.0. The molecule has 122 valence electrons. The van der Waals surface area contributed by atoms with Crippen molar-refractivity contribution in [1.82, 2.24) is 10.3 Å². The van der Waals surface area contributed by atoms with Crippen LogP contribution in [0.2, 0.25) is 0 Å². The largest absolute Gasteiger partial charge is 0.391 e. The molecule has 2 aromatic rings. The molecule has 23 heavy (non-hydrogen) atoms. The number of aliphatic hydroxyl groups excluding tert-OH is 1. The Kier molecular flexibility index (Phi) is 4.93. The number of urea groups is 1. The van der Waals surface area contributed by atoms with Crippen LogP contribution in [0.1, 0.15) is 31.4 Å². The second kappa shape index (κ2) is 7.10. The summed E-state index contributed by atoms with van der Waals surface area (Å²) in [7, 11) is 0. The van der Waals surface area contributed by atoms with Gasteiger partial charge in [0.2, 0.25) is 0 Å². The molecular weight excluding hydrogens is 310 g/mol. The molecule has 3 N–H and O–H groups in total. The fourth-order valence-electron chi connectivity index (χ4n) is 2.80. The zero-order valence-electron chi connectivity index (χ0n) is 13.1. The lowest BCUT2D eigenvalue weighted by molar-refractivity contribution is 0.0955. The van der Waals surface area contributed by atoms with Gasteiger partial charge in [-0.05, 0) is 44.0 Å². The number of thiazole rings is 1. The van der Waals surface area contributed by atoms with Crippen molar-refractivity contribution in [3.05, 3.63) is 35.3 Å². The van der Waals surface area contributed by atoms with E-state index in [0.29, 0.717) is 0 Å². The van der Waals surface area contributed by atoms with Crippen molar-refractivity contribution in [3.8, 4) is 10.6 Å². The van der Waals surface area contributed by atoms with Gasteiger partial charge in [-0.15, -0.1) is 11.3 Å². The van der Waals surface area contributed by atoms with Crippen LogP contribution in [-0.4, -0.2) is 28.3 Å². The summed E-state index contributed by atoms with van der Waals surface area (Å²) in [6.07, 6.45) is 3.22. The first-order valence-electron chi connectivity index (χ1n) is 7.90. The maximum Gasteiger partial charge on any atom is 0.319 e. The average Bonchev–Trinajstić information content (AvgIpc) is 2.97. The second-order valence-corrected chi connectivity index (χ2v) is 6.79. The number of hydrogen-bond acceptors (Lipinski definition) is 4. The van der Waals surface area contributed by atoms with Crippen molar-refractivity contribution in [2.75, 3.05) is 5.32 Å². The van der Waals surface area contributed by atoms with E-state index >= 15 is 0 Å². The molecule has 1 aromatic carbocycles. The Morgan fingerprint density at radius 2 is 2.00 bits per heavy atom. The lowest BCUT2D eigenvalue weighted by Crippen LogP contribution is -2.46. The lowest BCUT2D eigenvalue weighted by atomic mass is 9.93. The zero-order chi connectivity index (χ0) is 16.2. The van der Waals surface area contributed by atoms with Crippen molar-refractivity contribution in [2.24, 2.45) is 0 Å². The first-order valence-corrected chi connectivity index (χ1v) is 8.78. The molecule has 5 nitrogen and oxygen atoms in total. The Morgan fingerprint density at radius 3 is 2.65 bits per heavy atom. The van der Waals surface area contributed by atoms with Crippen molar-refractivity contribution < 1.29 is 9.90 Å². The van der Waals surface area contributed by atoms with Gasteiger partial charge in [-0.2, -0.15) is 0 Å². The van der Waals surface area contributed by atoms with Gasteiger partial charge in [-0.1, -0.05) is 12.8 Å². The van der Waals surface area contributed by atoms with Crippen molar-refractivity contribution in [1.29, 1.82) is 0 Å². The van der Waals surface area contributed by atoms with Crippen molar-refractivity contribution in [2.45, 2.75) is 44.8 Å². The lowest BCUT2D eigenvalue weighted by Gasteiger charge is -2.28. The number of anilines is 1. The highest BCUT2D eigenvalue weighted by molar-refractivity contribution is 7.13.